The van der Waals surface area contributed by atoms with Crippen LogP contribution in [0.1, 0.15) is 12.0 Å². The summed E-state index contributed by atoms with van der Waals surface area (Å²) in [6.07, 6.45) is 1.83. The van der Waals surface area contributed by atoms with E-state index in [1.54, 1.807) is 12.1 Å². The SMILES string of the molecule is CN(C)S(=O)(=O)c1ccc2c(c1)CCCN2CN1CCSC1=O. The highest BCUT2D eigenvalue weighted by atomic mass is 32.2. The summed E-state index contributed by atoms with van der Waals surface area (Å²) in [5.74, 6) is 0.847. The maximum Gasteiger partial charge on any atom is 0.283 e. The van der Waals surface area contributed by atoms with Crippen LogP contribution in [0.2, 0.25) is 0 Å². The normalized spacial score (nSPS) is 18.7. The monoisotopic (exact) mass is 355 g/mol. The Bertz CT molecular complexity index is 719. The van der Waals surface area contributed by atoms with Crippen molar-refractivity contribution in [2.24, 2.45) is 0 Å². The minimum absolute atomic E-state index is 0.129. The summed E-state index contributed by atoms with van der Waals surface area (Å²) >= 11 is 1.36. The van der Waals surface area contributed by atoms with Crippen molar-refractivity contribution in [3.8, 4) is 0 Å². The molecule has 3 rings (SSSR count). The van der Waals surface area contributed by atoms with Crippen molar-refractivity contribution < 1.29 is 13.2 Å². The van der Waals surface area contributed by atoms with E-state index in [-0.39, 0.29) is 5.24 Å². The van der Waals surface area contributed by atoms with E-state index < -0.39 is 10.0 Å². The van der Waals surface area contributed by atoms with Gasteiger partial charge in [-0.2, -0.15) is 0 Å². The Morgan fingerprint density at radius 1 is 1.22 bits per heavy atom. The van der Waals surface area contributed by atoms with Crippen molar-refractivity contribution in [3.63, 3.8) is 0 Å². The summed E-state index contributed by atoms with van der Waals surface area (Å²) < 4.78 is 25.8. The number of aryl methyl sites for hydroxylation is 1. The van der Waals surface area contributed by atoms with Crippen LogP contribution < -0.4 is 4.90 Å². The number of hydrogen-bond acceptors (Lipinski definition) is 5. The Morgan fingerprint density at radius 2 is 2.00 bits per heavy atom. The van der Waals surface area contributed by atoms with Gasteiger partial charge in [-0.05, 0) is 36.6 Å². The highest BCUT2D eigenvalue weighted by Crippen LogP contribution is 2.31. The Balaban J connectivity index is 1.87. The lowest BCUT2D eigenvalue weighted by Gasteiger charge is -2.34. The van der Waals surface area contributed by atoms with Gasteiger partial charge in [0.1, 0.15) is 0 Å². The first-order valence-corrected chi connectivity index (χ1v) is 10.0. The minimum Gasteiger partial charge on any atom is -0.353 e. The molecule has 1 saturated heterocycles. The van der Waals surface area contributed by atoms with E-state index in [2.05, 4.69) is 4.90 Å². The van der Waals surface area contributed by atoms with E-state index in [9.17, 15) is 13.2 Å². The van der Waals surface area contributed by atoms with Gasteiger partial charge in [0.2, 0.25) is 10.0 Å². The van der Waals surface area contributed by atoms with E-state index in [4.69, 9.17) is 0 Å². The van der Waals surface area contributed by atoms with E-state index in [0.717, 1.165) is 42.9 Å². The van der Waals surface area contributed by atoms with Crippen molar-refractivity contribution in [1.82, 2.24) is 9.21 Å². The summed E-state index contributed by atoms with van der Waals surface area (Å²) in [6.45, 7) is 2.25. The lowest BCUT2D eigenvalue weighted by atomic mass is 10.0. The zero-order valence-corrected chi connectivity index (χ0v) is 15.0. The Labute approximate surface area is 141 Å². The predicted octanol–water partition coefficient (Wildman–Crippen LogP) is 1.82. The van der Waals surface area contributed by atoms with Crippen LogP contribution in [0.15, 0.2) is 23.1 Å². The number of hydrogen-bond donors (Lipinski definition) is 0. The second kappa shape index (κ2) is 6.33. The molecule has 0 aliphatic carbocycles. The molecule has 1 amide bonds. The molecule has 0 spiro atoms. The molecule has 0 bridgehead atoms. The fraction of sp³-hybridized carbons (Fsp3) is 0.533. The van der Waals surface area contributed by atoms with Gasteiger partial charge in [-0.3, -0.25) is 4.79 Å². The van der Waals surface area contributed by atoms with Gasteiger partial charge in [-0.15, -0.1) is 0 Å². The number of anilines is 1. The topological polar surface area (TPSA) is 60.9 Å². The summed E-state index contributed by atoms with van der Waals surface area (Å²) in [6, 6.07) is 5.31. The molecular formula is C15H21N3O3S2. The molecule has 8 heteroatoms. The molecule has 1 aromatic rings. The number of carbonyl (C=O) groups is 1. The van der Waals surface area contributed by atoms with Gasteiger partial charge >= 0.3 is 0 Å². The summed E-state index contributed by atoms with van der Waals surface area (Å²) in [5.41, 5.74) is 2.08. The molecule has 2 aliphatic heterocycles. The van der Waals surface area contributed by atoms with E-state index in [1.807, 2.05) is 11.0 Å². The number of carbonyl (C=O) groups excluding carboxylic acids is 1. The predicted molar refractivity (Wildman–Crippen MR) is 92.4 cm³/mol. The van der Waals surface area contributed by atoms with Crippen LogP contribution in [-0.2, 0) is 16.4 Å². The van der Waals surface area contributed by atoms with Gasteiger partial charge in [0.25, 0.3) is 5.24 Å². The van der Waals surface area contributed by atoms with Crippen molar-refractivity contribution in [2.45, 2.75) is 17.7 Å². The van der Waals surface area contributed by atoms with Crippen molar-refractivity contribution in [1.29, 1.82) is 0 Å². The van der Waals surface area contributed by atoms with Crippen LogP contribution in [0.25, 0.3) is 0 Å². The molecule has 0 aromatic heterocycles. The molecule has 23 heavy (non-hydrogen) atoms. The number of fused-ring (bicyclic) bond motifs is 1. The maximum atomic E-state index is 12.3. The zero-order valence-electron chi connectivity index (χ0n) is 13.4. The number of sulfonamides is 1. The highest BCUT2D eigenvalue weighted by molar-refractivity contribution is 8.13. The lowest BCUT2D eigenvalue weighted by Crippen LogP contribution is -2.40. The number of benzene rings is 1. The molecule has 0 saturated carbocycles. The average Bonchev–Trinajstić information content (AvgIpc) is 2.92. The highest BCUT2D eigenvalue weighted by Gasteiger charge is 2.27. The van der Waals surface area contributed by atoms with Crippen LogP contribution in [-0.4, -0.2) is 62.5 Å². The number of amides is 1. The van der Waals surface area contributed by atoms with Crippen LogP contribution in [0.4, 0.5) is 10.5 Å². The van der Waals surface area contributed by atoms with Crippen molar-refractivity contribution >= 4 is 32.7 Å². The number of nitrogens with zero attached hydrogens (tertiary/aromatic N) is 3. The second-order valence-corrected chi connectivity index (χ2v) is 9.16. The molecule has 1 fully saturated rings. The Morgan fingerprint density at radius 3 is 2.65 bits per heavy atom. The van der Waals surface area contributed by atoms with Crippen LogP contribution in [0, 0.1) is 0 Å². The fourth-order valence-corrected chi connectivity index (χ4v) is 4.70. The van der Waals surface area contributed by atoms with Gasteiger partial charge in [0.05, 0.1) is 11.6 Å². The minimum atomic E-state index is -3.41. The smallest absolute Gasteiger partial charge is 0.283 e. The van der Waals surface area contributed by atoms with E-state index in [0.29, 0.717) is 11.6 Å². The summed E-state index contributed by atoms with van der Waals surface area (Å²) in [7, 11) is -0.333. The lowest BCUT2D eigenvalue weighted by molar-refractivity contribution is 0.229. The van der Waals surface area contributed by atoms with E-state index in [1.165, 1.54) is 30.2 Å². The molecule has 126 valence electrons. The fourth-order valence-electron chi connectivity index (χ4n) is 2.93. The number of thioether (sulfide) groups is 1. The third kappa shape index (κ3) is 3.20. The molecule has 1 aromatic carbocycles. The standard InChI is InChI=1S/C15H21N3O3S2/c1-16(2)23(20,21)13-5-6-14-12(10-13)4-3-7-17(14)11-18-8-9-22-15(18)19/h5-6,10H,3-4,7-9,11H2,1-2H3. The summed E-state index contributed by atoms with van der Waals surface area (Å²) in [5, 5.41) is 0.129. The van der Waals surface area contributed by atoms with Crippen molar-refractivity contribution in [2.75, 3.05) is 44.5 Å². The first-order valence-electron chi connectivity index (χ1n) is 7.62. The maximum absolute atomic E-state index is 12.3. The van der Waals surface area contributed by atoms with Crippen LogP contribution >= 0.6 is 11.8 Å². The third-order valence-corrected chi connectivity index (χ3v) is 6.93. The van der Waals surface area contributed by atoms with Crippen molar-refractivity contribution in [3.05, 3.63) is 23.8 Å². The van der Waals surface area contributed by atoms with Gasteiger partial charge in [0.15, 0.2) is 0 Å². The van der Waals surface area contributed by atoms with Crippen LogP contribution in [0.5, 0.6) is 0 Å². The molecule has 0 N–H and O–H groups in total. The summed E-state index contributed by atoms with van der Waals surface area (Å²) in [4.78, 5) is 16.2. The van der Waals surface area contributed by atoms with Gasteiger partial charge in [-0.1, -0.05) is 11.8 Å². The quantitative estimate of drug-likeness (QED) is 0.824. The molecule has 0 atom stereocenters. The first kappa shape index (κ1) is 16.6. The molecule has 0 radical (unpaired) electrons. The van der Waals surface area contributed by atoms with Crippen LogP contribution in [0.3, 0.4) is 0 Å². The Kier molecular flexibility index (Phi) is 4.57. The van der Waals surface area contributed by atoms with E-state index >= 15 is 0 Å². The molecule has 6 nitrogen and oxygen atoms in total. The average molecular weight is 355 g/mol. The molecule has 2 aliphatic rings. The second-order valence-electron chi connectivity index (χ2n) is 5.96. The number of rotatable bonds is 4. The Hall–Kier alpha value is -1.25. The molecule has 2 heterocycles. The van der Waals surface area contributed by atoms with Gasteiger partial charge in [-0.25, -0.2) is 12.7 Å². The van der Waals surface area contributed by atoms with Gasteiger partial charge in [0, 0.05) is 38.6 Å². The largest absolute Gasteiger partial charge is 0.353 e. The van der Waals surface area contributed by atoms with Gasteiger partial charge < -0.3 is 9.80 Å². The zero-order chi connectivity index (χ0) is 16.6. The third-order valence-electron chi connectivity index (χ3n) is 4.23. The molecule has 0 unspecified atom stereocenters. The molecular weight excluding hydrogens is 334 g/mol. The first-order chi connectivity index (χ1) is 10.9.